The average molecular weight is 583 g/mol. The number of carbonyl (C=O) groups excluding carboxylic acids is 1. The van der Waals surface area contributed by atoms with Crippen molar-refractivity contribution in [3.05, 3.63) is 47.8 Å². The molecule has 2 aliphatic heterocycles. The molecule has 1 unspecified atom stereocenters. The fourth-order valence-corrected chi connectivity index (χ4v) is 6.88. The van der Waals surface area contributed by atoms with Crippen LogP contribution in [0.3, 0.4) is 0 Å². The third-order valence-electron chi connectivity index (χ3n) is 9.64. The number of hydrogen-bond donors (Lipinski definition) is 1. The van der Waals surface area contributed by atoms with E-state index >= 15 is 0 Å². The zero-order valence-electron chi connectivity index (χ0n) is 25.7. The molecule has 1 amide bonds. The minimum absolute atomic E-state index is 0.198. The first-order valence-corrected chi connectivity index (χ1v) is 15.7. The Morgan fingerprint density at radius 1 is 1.00 bits per heavy atom. The van der Waals surface area contributed by atoms with Crippen molar-refractivity contribution in [2.24, 2.45) is 18.9 Å². The molecular weight excluding hydrogens is 540 g/mol. The summed E-state index contributed by atoms with van der Waals surface area (Å²) in [5.74, 6) is 2.26. The minimum Gasteiger partial charge on any atom is -0.477 e. The van der Waals surface area contributed by atoms with Gasteiger partial charge >= 0.3 is 0 Å². The van der Waals surface area contributed by atoms with E-state index in [-0.39, 0.29) is 5.91 Å². The molecule has 2 fully saturated rings. The van der Waals surface area contributed by atoms with E-state index in [1.54, 1.807) is 10.9 Å². The first-order valence-electron chi connectivity index (χ1n) is 15.7. The number of pyridine rings is 1. The lowest BCUT2D eigenvalue weighted by molar-refractivity contribution is 0.102. The summed E-state index contributed by atoms with van der Waals surface area (Å²) in [4.78, 5) is 28.4. The minimum atomic E-state index is -0.198. The molecular formula is C33H42N8O2. The molecule has 1 saturated carbocycles. The number of benzene rings is 1. The smallest absolute Gasteiger partial charge is 0.258 e. The number of nitrogens with zero attached hydrogens (tertiary/aromatic N) is 7. The molecule has 4 aromatic rings. The van der Waals surface area contributed by atoms with Gasteiger partial charge in [0.25, 0.3) is 5.91 Å². The zero-order chi connectivity index (χ0) is 29.7. The number of aryl methyl sites for hydroxylation is 2. The monoisotopic (exact) mass is 582 g/mol. The Bertz CT molecular complexity index is 1650. The van der Waals surface area contributed by atoms with Crippen LogP contribution in [0.1, 0.15) is 54.6 Å². The number of anilines is 2. The number of hydrogen-bond acceptors (Lipinski definition) is 7. The highest BCUT2D eigenvalue weighted by Crippen LogP contribution is 2.41. The lowest BCUT2D eigenvalue weighted by atomic mass is 9.97. The Balaban J connectivity index is 1.28. The first-order chi connectivity index (χ1) is 20.8. The molecule has 1 aromatic carbocycles. The molecule has 1 N–H and O–H groups in total. The van der Waals surface area contributed by atoms with E-state index in [4.69, 9.17) is 14.7 Å². The molecule has 0 radical (unpaired) electrons. The maximum absolute atomic E-state index is 13.8. The summed E-state index contributed by atoms with van der Waals surface area (Å²) in [5.41, 5.74) is 5.93. The van der Waals surface area contributed by atoms with E-state index in [1.807, 2.05) is 26.1 Å². The Kier molecular flexibility index (Phi) is 7.33. The standard InChI is InChI=1S/C33H42N8O2/c1-21-16-24-17-29(35-21)27-19-34-40(4)32(27)43-15-5-6-23(22-7-8-22)20-41-30-18-26(39(3)25-11-13-38(2)14-12-25)9-10-28(30)36-33(41)37-31(24)42/h9-10,16-19,22-23,25H,5-8,11-15,20H2,1-4H3,(H,36,37,42). The second kappa shape index (κ2) is 11.3. The Labute approximate surface area is 253 Å². The summed E-state index contributed by atoms with van der Waals surface area (Å²) in [6, 6.07) is 10.7. The van der Waals surface area contributed by atoms with Crippen LogP contribution < -0.4 is 15.0 Å². The second-order valence-electron chi connectivity index (χ2n) is 12.8. The Hall–Kier alpha value is -3.92. The van der Waals surface area contributed by atoms with Gasteiger partial charge in [0.2, 0.25) is 11.8 Å². The van der Waals surface area contributed by atoms with E-state index in [0.717, 1.165) is 67.6 Å². The molecule has 3 aromatic heterocycles. The second-order valence-corrected chi connectivity index (χ2v) is 12.8. The van der Waals surface area contributed by atoms with Gasteiger partial charge in [0, 0.05) is 43.6 Å². The van der Waals surface area contributed by atoms with Gasteiger partial charge in [-0.15, -0.1) is 0 Å². The van der Waals surface area contributed by atoms with Gasteiger partial charge in [0.1, 0.15) is 0 Å². The number of nitrogens with one attached hydrogen (secondary N) is 1. The van der Waals surface area contributed by atoms with E-state index in [2.05, 4.69) is 57.1 Å². The van der Waals surface area contributed by atoms with Crippen LogP contribution >= 0.6 is 0 Å². The lowest BCUT2D eigenvalue weighted by Gasteiger charge is -2.36. The molecule has 7 rings (SSSR count). The molecule has 0 spiro atoms. The number of ether oxygens (including phenoxy) is 1. The van der Waals surface area contributed by atoms with Gasteiger partial charge in [-0.3, -0.25) is 15.1 Å². The van der Waals surface area contributed by atoms with Crippen LogP contribution in [0.15, 0.2) is 36.5 Å². The van der Waals surface area contributed by atoms with Crippen molar-refractivity contribution in [3.8, 4) is 17.1 Å². The number of fused-ring (bicyclic) bond motifs is 7. The number of likely N-dealkylation sites (tertiary alicyclic amines) is 1. The fourth-order valence-electron chi connectivity index (χ4n) is 6.88. The van der Waals surface area contributed by atoms with Crippen LogP contribution in [0.25, 0.3) is 22.3 Å². The fraction of sp³-hybridized carbons (Fsp3) is 0.515. The summed E-state index contributed by atoms with van der Waals surface area (Å²) in [7, 11) is 6.30. The third-order valence-corrected chi connectivity index (χ3v) is 9.64. The summed E-state index contributed by atoms with van der Waals surface area (Å²) in [6.45, 7) is 5.57. The number of piperidine rings is 1. The van der Waals surface area contributed by atoms with Crippen LogP contribution in [0, 0.1) is 18.8 Å². The predicted octanol–water partition coefficient (Wildman–Crippen LogP) is 5.12. The van der Waals surface area contributed by atoms with E-state index < -0.39 is 0 Å². The van der Waals surface area contributed by atoms with Gasteiger partial charge in [0.05, 0.1) is 35.1 Å². The van der Waals surface area contributed by atoms with Crippen molar-refractivity contribution in [2.75, 3.05) is 44.0 Å². The van der Waals surface area contributed by atoms with Crippen molar-refractivity contribution in [3.63, 3.8) is 0 Å². The largest absolute Gasteiger partial charge is 0.477 e. The molecule has 2 bridgehead atoms. The van der Waals surface area contributed by atoms with Gasteiger partial charge in [-0.2, -0.15) is 5.10 Å². The Morgan fingerprint density at radius 2 is 1.81 bits per heavy atom. The SMILES string of the molecule is Cc1cc2cc(n1)-c1cnn(C)c1OCCCC(C1CC1)Cn1c(nc3ccc(N(C)C4CCN(C)CC4)cc31)NC2=O. The van der Waals surface area contributed by atoms with Gasteiger partial charge in [0.15, 0.2) is 0 Å². The summed E-state index contributed by atoms with van der Waals surface area (Å²) in [6.07, 6.45) is 8.58. The highest BCUT2D eigenvalue weighted by molar-refractivity contribution is 6.05. The normalized spacial score (nSPS) is 20.5. The topological polar surface area (TPSA) is 93.3 Å². The van der Waals surface area contributed by atoms with Gasteiger partial charge in [-0.05, 0) is 108 Å². The molecule has 43 heavy (non-hydrogen) atoms. The van der Waals surface area contributed by atoms with Crippen molar-refractivity contribution in [1.29, 1.82) is 0 Å². The third kappa shape index (κ3) is 5.60. The number of aromatic nitrogens is 5. The highest BCUT2D eigenvalue weighted by Gasteiger charge is 2.33. The van der Waals surface area contributed by atoms with Crippen LogP contribution in [-0.2, 0) is 13.6 Å². The van der Waals surface area contributed by atoms with Crippen molar-refractivity contribution in [2.45, 2.75) is 58.0 Å². The van der Waals surface area contributed by atoms with E-state index in [1.165, 1.54) is 18.5 Å². The maximum atomic E-state index is 13.8. The van der Waals surface area contributed by atoms with Crippen molar-refractivity contribution in [1.82, 2.24) is 29.2 Å². The Morgan fingerprint density at radius 3 is 2.60 bits per heavy atom. The molecule has 1 aliphatic carbocycles. The molecule has 5 heterocycles. The molecule has 3 aliphatic rings. The zero-order valence-corrected chi connectivity index (χ0v) is 25.7. The molecule has 10 nitrogen and oxygen atoms in total. The summed E-state index contributed by atoms with van der Waals surface area (Å²) in [5, 5.41) is 7.63. The van der Waals surface area contributed by atoms with Crippen LogP contribution in [0.2, 0.25) is 0 Å². The predicted molar refractivity (Wildman–Crippen MR) is 169 cm³/mol. The number of imidazole rings is 1. The lowest BCUT2D eigenvalue weighted by Crippen LogP contribution is -2.41. The number of carbonyl (C=O) groups is 1. The molecule has 1 atom stereocenters. The molecule has 1 saturated heterocycles. The van der Waals surface area contributed by atoms with Gasteiger partial charge < -0.3 is 19.1 Å². The highest BCUT2D eigenvalue weighted by atomic mass is 16.5. The van der Waals surface area contributed by atoms with E-state index in [0.29, 0.717) is 47.6 Å². The van der Waals surface area contributed by atoms with Gasteiger partial charge in [-0.1, -0.05) is 0 Å². The number of amides is 1. The first kappa shape index (κ1) is 27.9. The molecule has 226 valence electrons. The average Bonchev–Trinajstić information content (AvgIpc) is 3.70. The van der Waals surface area contributed by atoms with Crippen LogP contribution in [0.5, 0.6) is 5.88 Å². The number of rotatable bonds is 3. The van der Waals surface area contributed by atoms with Crippen molar-refractivity contribution >= 4 is 28.6 Å². The summed E-state index contributed by atoms with van der Waals surface area (Å²) >= 11 is 0. The van der Waals surface area contributed by atoms with Gasteiger partial charge in [-0.25, -0.2) is 9.67 Å². The summed E-state index contributed by atoms with van der Waals surface area (Å²) < 4.78 is 10.3. The van der Waals surface area contributed by atoms with E-state index in [9.17, 15) is 4.79 Å². The quantitative estimate of drug-likeness (QED) is 0.358. The molecule has 10 heteroatoms. The van der Waals surface area contributed by atoms with Crippen LogP contribution in [-0.4, -0.2) is 75.0 Å². The maximum Gasteiger partial charge on any atom is 0.258 e. The van der Waals surface area contributed by atoms with Crippen molar-refractivity contribution < 1.29 is 9.53 Å². The van der Waals surface area contributed by atoms with Crippen LogP contribution in [0.4, 0.5) is 11.6 Å².